The van der Waals surface area contributed by atoms with Gasteiger partial charge >= 0.3 is 11.9 Å². The van der Waals surface area contributed by atoms with E-state index in [1.165, 1.54) is 6.92 Å². The molecule has 0 saturated heterocycles. The maximum Gasteiger partial charge on any atom is 0.303 e. The van der Waals surface area contributed by atoms with E-state index in [0.717, 1.165) is 6.92 Å². The van der Waals surface area contributed by atoms with E-state index in [0.29, 0.717) is 5.56 Å². The summed E-state index contributed by atoms with van der Waals surface area (Å²) < 4.78 is 9.70. The third-order valence-electron chi connectivity index (χ3n) is 2.50. The van der Waals surface area contributed by atoms with Crippen LogP contribution in [0.5, 0.6) is 0 Å². The molecule has 1 rings (SSSR count). The molecule has 7 nitrogen and oxygen atoms in total. The molecular weight excluding hydrogens is 266 g/mol. The summed E-state index contributed by atoms with van der Waals surface area (Å²) in [5.41, 5.74) is 0.469. The predicted molar refractivity (Wildman–Crippen MR) is 68.4 cm³/mol. The number of nitro groups is 1. The summed E-state index contributed by atoms with van der Waals surface area (Å²) in [6, 6.07) is 6.95. The molecule has 0 aliphatic carbocycles. The van der Waals surface area contributed by atoms with Gasteiger partial charge in [0.2, 0.25) is 0 Å². The molecule has 0 heterocycles. The number of carbonyl (C=O) groups excluding carboxylic acids is 2. The van der Waals surface area contributed by atoms with Gasteiger partial charge in [-0.1, -0.05) is 30.3 Å². The van der Waals surface area contributed by atoms with Gasteiger partial charge in [-0.3, -0.25) is 19.7 Å². The Bertz CT molecular complexity index is 487. The molecule has 20 heavy (non-hydrogen) atoms. The first-order valence-electron chi connectivity index (χ1n) is 5.91. The molecule has 0 N–H and O–H groups in total. The molecule has 7 heteroatoms. The standard InChI is InChI=1S/C13H15NO6/c1-9(15)19-8-12(14(17)18)13(20-10(2)16)11-6-4-3-5-7-11/h3-7,12-13H,8H2,1-2H3/t12-,13+/m0/s1. The number of hydrogen-bond acceptors (Lipinski definition) is 6. The minimum atomic E-state index is -1.36. The van der Waals surface area contributed by atoms with Crippen molar-refractivity contribution in [2.45, 2.75) is 26.0 Å². The van der Waals surface area contributed by atoms with E-state index in [9.17, 15) is 19.7 Å². The lowest BCUT2D eigenvalue weighted by Crippen LogP contribution is -2.35. The van der Waals surface area contributed by atoms with Gasteiger partial charge in [0.15, 0.2) is 12.7 Å². The van der Waals surface area contributed by atoms with Crippen LogP contribution in [-0.2, 0) is 19.1 Å². The molecule has 0 bridgehead atoms. The largest absolute Gasteiger partial charge is 0.458 e. The fraction of sp³-hybridized carbons (Fsp3) is 0.385. The maximum atomic E-state index is 11.1. The summed E-state index contributed by atoms with van der Waals surface area (Å²) >= 11 is 0. The van der Waals surface area contributed by atoms with Gasteiger partial charge in [-0.15, -0.1) is 0 Å². The molecule has 1 aromatic rings. The van der Waals surface area contributed by atoms with Gasteiger partial charge in [-0.2, -0.15) is 0 Å². The molecule has 0 radical (unpaired) electrons. The first-order valence-corrected chi connectivity index (χ1v) is 5.91. The summed E-state index contributed by atoms with van der Waals surface area (Å²) in [6.07, 6.45) is -1.11. The second-order valence-electron chi connectivity index (χ2n) is 4.10. The molecule has 0 unspecified atom stereocenters. The highest BCUT2D eigenvalue weighted by Crippen LogP contribution is 2.23. The Balaban J connectivity index is 3.01. The van der Waals surface area contributed by atoms with Crippen molar-refractivity contribution in [3.8, 4) is 0 Å². The van der Waals surface area contributed by atoms with E-state index in [1.54, 1.807) is 30.3 Å². The summed E-state index contributed by atoms with van der Waals surface area (Å²) in [6.45, 7) is 1.86. The second kappa shape index (κ2) is 7.22. The summed E-state index contributed by atoms with van der Waals surface area (Å²) in [5, 5.41) is 11.1. The molecule has 1 aromatic carbocycles. The van der Waals surface area contributed by atoms with Crippen molar-refractivity contribution in [1.29, 1.82) is 0 Å². The fourth-order valence-corrected chi connectivity index (χ4v) is 1.65. The van der Waals surface area contributed by atoms with E-state index in [4.69, 9.17) is 4.74 Å². The van der Waals surface area contributed by atoms with Crippen molar-refractivity contribution >= 4 is 11.9 Å². The van der Waals surface area contributed by atoms with Gasteiger partial charge in [0.25, 0.3) is 6.04 Å². The number of benzene rings is 1. The summed E-state index contributed by atoms with van der Waals surface area (Å²) in [4.78, 5) is 32.4. The van der Waals surface area contributed by atoms with Gasteiger partial charge in [0.05, 0.1) is 0 Å². The van der Waals surface area contributed by atoms with Crippen molar-refractivity contribution in [3.63, 3.8) is 0 Å². The lowest BCUT2D eigenvalue weighted by atomic mass is 10.0. The van der Waals surface area contributed by atoms with Crippen LogP contribution in [0.3, 0.4) is 0 Å². The van der Waals surface area contributed by atoms with Crippen LogP contribution in [0.4, 0.5) is 0 Å². The molecule has 0 saturated carbocycles. The van der Waals surface area contributed by atoms with Gasteiger partial charge in [-0.25, -0.2) is 0 Å². The van der Waals surface area contributed by atoms with Crippen LogP contribution in [0.1, 0.15) is 25.5 Å². The lowest BCUT2D eigenvalue weighted by Gasteiger charge is -2.20. The van der Waals surface area contributed by atoms with Gasteiger partial charge < -0.3 is 9.47 Å². The molecule has 0 spiro atoms. The van der Waals surface area contributed by atoms with Crippen molar-refractivity contribution < 1.29 is 24.0 Å². The smallest absolute Gasteiger partial charge is 0.303 e. The average Bonchev–Trinajstić information content (AvgIpc) is 2.37. The second-order valence-corrected chi connectivity index (χ2v) is 4.10. The number of esters is 2. The molecule has 0 aromatic heterocycles. The Morgan fingerprint density at radius 2 is 1.80 bits per heavy atom. The quantitative estimate of drug-likeness (QED) is 0.445. The van der Waals surface area contributed by atoms with Gasteiger partial charge in [0.1, 0.15) is 0 Å². The highest BCUT2D eigenvalue weighted by Gasteiger charge is 2.36. The SMILES string of the molecule is CC(=O)OC[C@@H]([C@H](OC(C)=O)c1ccccc1)[N+](=O)[O-]. The van der Waals surface area contributed by atoms with Crippen LogP contribution in [0.2, 0.25) is 0 Å². The predicted octanol–water partition coefficient (Wildman–Crippen LogP) is 1.50. The van der Waals surface area contributed by atoms with Crippen molar-refractivity contribution in [1.82, 2.24) is 0 Å². The number of carbonyl (C=O) groups is 2. The van der Waals surface area contributed by atoms with Crippen molar-refractivity contribution in [2.75, 3.05) is 6.61 Å². The van der Waals surface area contributed by atoms with E-state index >= 15 is 0 Å². The Kier molecular flexibility index (Phi) is 5.64. The topological polar surface area (TPSA) is 95.7 Å². The Morgan fingerprint density at radius 3 is 2.25 bits per heavy atom. The first-order chi connectivity index (χ1) is 9.41. The Labute approximate surface area is 115 Å². The van der Waals surface area contributed by atoms with Crippen molar-refractivity contribution in [2.24, 2.45) is 0 Å². The van der Waals surface area contributed by atoms with E-state index < -0.39 is 35.6 Å². The first kappa shape index (κ1) is 15.6. The molecule has 0 amide bonds. The highest BCUT2D eigenvalue weighted by molar-refractivity contribution is 5.66. The highest BCUT2D eigenvalue weighted by atomic mass is 16.6. The molecule has 0 aliphatic heterocycles. The van der Waals surface area contributed by atoms with Crippen LogP contribution in [-0.4, -0.2) is 29.5 Å². The molecular formula is C13H15NO6. The minimum absolute atomic E-state index is 0.463. The van der Waals surface area contributed by atoms with Gasteiger partial charge in [0, 0.05) is 18.8 Å². The molecule has 0 fully saturated rings. The van der Waals surface area contributed by atoms with Crippen LogP contribution in [0.15, 0.2) is 30.3 Å². The van der Waals surface area contributed by atoms with E-state index in [1.807, 2.05) is 0 Å². The molecule has 108 valence electrons. The zero-order valence-corrected chi connectivity index (χ0v) is 11.1. The normalized spacial score (nSPS) is 13.1. The van der Waals surface area contributed by atoms with Gasteiger partial charge in [-0.05, 0) is 5.56 Å². The maximum absolute atomic E-state index is 11.1. The Morgan fingerprint density at radius 1 is 1.20 bits per heavy atom. The lowest BCUT2D eigenvalue weighted by molar-refractivity contribution is -0.538. The fourth-order valence-electron chi connectivity index (χ4n) is 1.65. The third kappa shape index (κ3) is 4.68. The molecule has 0 aliphatic rings. The zero-order valence-electron chi connectivity index (χ0n) is 11.1. The van der Waals surface area contributed by atoms with E-state index in [2.05, 4.69) is 4.74 Å². The van der Waals surface area contributed by atoms with Crippen LogP contribution >= 0.6 is 0 Å². The van der Waals surface area contributed by atoms with E-state index in [-0.39, 0.29) is 0 Å². The Hall–Kier alpha value is -2.44. The number of ether oxygens (including phenoxy) is 2. The van der Waals surface area contributed by atoms with Crippen molar-refractivity contribution in [3.05, 3.63) is 46.0 Å². The zero-order chi connectivity index (χ0) is 15.1. The van der Waals surface area contributed by atoms with Crippen LogP contribution in [0.25, 0.3) is 0 Å². The van der Waals surface area contributed by atoms with Crippen LogP contribution in [0, 0.1) is 10.1 Å². The minimum Gasteiger partial charge on any atom is -0.458 e. The third-order valence-corrected chi connectivity index (χ3v) is 2.50. The number of rotatable bonds is 6. The number of hydrogen-bond donors (Lipinski definition) is 0. The summed E-state index contributed by atoms with van der Waals surface area (Å²) in [5.74, 6) is -1.28. The molecule has 2 atom stereocenters. The monoisotopic (exact) mass is 281 g/mol. The average molecular weight is 281 g/mol. The van der Waals surface area contributed by atoms with Crippen LogP contribution < -0.4 is 0 Å². The number of nitrogens with zero attached hydrogens (tertiary/aromatic N) is 1. The summed E-state index contributed by atoms with van der Waals surface area (Å²) in [7, 11) is 0.